The molecule has 0 saturated carbocycles. The van der Waals surface area contributed by atoms with E-state index in [1.165, 1.54) is 17.1 Å². The van der Waals surface area contributed by atoms with Crippen LogP contribution in [0.15, 0.2) is 59.7 Å². The van der Waals surface area contributed by atoms with Crippen molar-refractivity contribution in [3.05, 3.63) is 75.8 Å². The maximum absolute atomic E-state index is 12.3. The van der Waals surface area contributed by atoms with Crippen LogP contribution in [0.4, 0.5) is 5.69 Å². The third-order valence-corrected chi connectivity index (χ3v) is 4.06. The van der Waals surface area contributed by atoms with Gasteiger partial charge in [-0.25, -0.2) is 5.01 Å². The Morgan fingerprint density at radius 1 is 1.21 bits per heavy atom. The molecule has 0 saturated heterocycles. The fraction of sp³-hybridized carbons (Fsp3) is 0.222. The molecule has 0 fully saturated rings. The molecule has 24 heavy (non-hydrogen) atoms. The number of hydrazone groups is 1. The smallest absolute Gasteiger partial charge is 0.269 e. The van der Waals surface area contributed by atoms with Crippen molar-refractivity contribution in [1.29, 1.82) is 0 Å². The summed E-state index contributed by atoms with van der Waals surface area (Å²) in [6.07, 6.45) is 0.947. The average Bonchev–Trinajstić information content (AvgIpc) is 3.07. The number of carbonyl (C=O) groups is 1. The van der Waals surface area contributed by atoms with E-state index in [9.17, 15) is 14.9 Å². The number of non-ortho nitro benzene ring substituents is 1. The SMILES string of the molecule is CCC(=O)N1N=C(c2ccccc2)C[C@@H]1c1ccc([N+](=O)[O-])cc1. The number of nitro groups is 1. The molecule has 1 heterocycles. The first-order valence-corrected chi connectivity index (χ1v) is 7.79. The molecule has 3 rings (SSSR count). The Balaban J connectivity index is 1.92. The normalized spacial score (nSPS) is 16.8. The Kier molecular flexibility index (Phi) is 4.37. The summed E-state index contributed by atoms with van der Waals surface area (Å²) in [6.45, 7) is 1.80. The molecule has 1 amide bonds. The summed E-state index contributed by atoms with van der Waals surface area (Å²) >= 11 is 0. The molecule has 0 N–H and O–H groups in total. The van der Waals surface area contributed by atoms with Gasteiger partial charge in [0.15, 0.2) is 0 Å². The highest BCUT2D eigenvalue weighted by Crippen LogP contribution is 2.33. The molecule has 6 nitrogen and oxygen atoms in total. The molecule has 0 radical (unpaired) electrons. The van der Waals surface area contributed by atoms with Crippen molar-refractivity contribution in [2.24, 2.45) is 5.10 Å². The molecule has 122 valence electrons. The lowest BCUT2D eigenvalue weighted by Gasteiger charge is -2.21. The molecule has 2 aromatic rings. The number of rotatable bonds is 4. The van der Waals surface area contributed by atoms with E-state index >= 15 is 0 Å². The van der Waals surface area contributed by atoms with Crippen LogP contribution in [0.1, 0.15) is 36.9 Å². The third-order valence-electron chi connectivity index (χ3n) is 4.06. The van der Waals surface area contributed by atoms with Crippen LogP contribution in [0.2, 0.25) is 0 Å². The van der Waals surface area contributed by atoms with Gasteiger partial charge >= 0.3 is 0 Å². The highest BCUT2D eigenvalue weighted by atomic mass is 16.6. The van der Waals surface area contributed by atoms with Gasteiger partial charge in [-0.15, -0.1) is 0 Å². The predicted molar refractivity (Wildman–Crippen MR) is 90.6 cm³/mol. The molecule has 1 aliphatic heterocycles. The molecule has 0 aliphatic carbocycles. The standard InChI is InChI=1S/C18H17N3O3/c1-2-18(22)20-17(14-8-10-15(11-9-14)21(23)24)12-16(19-20)13-6-4-3-5-7-13/h3-11,17H,2,12H2,1H3/t17-/m1/s1. The van der Waals surface area contributed by atoms with E-state index < -0.39 is 4.92 Å². The van der Waals surface area contributed by atoms with E-state index in [-0.39, 0.29) is 17.6 Å². The van der Waals surface area contributed by atoms with Gasteiger partial charge in [0.1, 0.15) is 0 Å². The van der Waals surface area contributed by atoms with Gasteiger partial charge in [-0.1, -0.05) is 49.4 Å². The summed E-state index contributed by atoms with van der Waals surface area (Å²) in [5.74, 6) is -0.0655. The zero-order valence-electron chi connectivity index (χ0n) is 13.3. The monoisotopic (exact) mass is 323 g/mol. The summed E-state index contributed by atoms with van der Waals surface area (Å²) < 4.78 is 0. The van der Waals surface area contributed by atoms with Crippen LogP contribution in [0.5, 0.6) is 0 Å². The Morgan fingerprint density at radius 2 is 1.88 bits per heavy atom. The highest BCUT2D eigenvalue weighted by molar-refractivity contribution is 6.03. The van der Waals surface area contributed by atoms with E-state index in [0.717, 1.165) is 16.8 Å². The lowest BCUT2D eigenvalue weighted by molar-refractivity contribution is -0.384. The van der Waals surface area contributed by atoms with Crippen molar-refractivity contribution < 1.29 is 9.72 Å². The molecule has 6 heteroatoms. The molecule has 0 unspecified atom stereocenters. The number of nitrogens with zero attached hydrogens (tertiary/aromatic N) is 3. The van der Waals surface area contributed by atoms with Crippen molar-refractivity contribution in [3.63, 3.8) is 0 Å². The first-order valence-electron chi connectivity index (χ1n) is 7.79. The molecule has 0 bridgehead atoms. The molecule has 2 aromatic carbocycles. The van der Waals surface area contributed by atoms with E-state index in [1.54, 1.807) is 19.1 Å². The van der Waals surface area contributed by atoms with Crippen LogP contribution < -0.4 is 0 Å². The van der Waals surface area contributed by atoms with Gasteiger partial charge in [-0.05, 0) is 11.1 Å². The lowest BCUT2D eigenvalue weighted by atomic mass is 9.98. The zero-order chi connectivity index (χ0) is 17.1. The Hall–Kier alpha value is -3.02. The van der Waals surface area contributed by atoms with Gasteiger partial charge in [0.2, 0.25) is 5.91 Å². The van der Waals surface area contributed by atoms with Crippen LogP contribution in [0, 0.1) is 10.1 Å². The number of hydrogen-bond donors (Lipinski definition) is 0. The minimum atomic E-state index is -0.431. The number of hydrogen-bond acceptors (Lipinski definition) is 4. The van der Waals surface area contributed by atoms with Gasteiger partial charge in [-0.2, -0.15) is 5.10 Å². The summed E-state index contributed by atoms with van der Waals surface area (Å²) in [5.41, 5.74) is 2.71. The minimum Gasteiger partial charge on any atom is -0.273 e. The summed E-state index contributed by atoms with van der Waals surface area (Å²) in [5, 5.41) is 16.8. The molecule has 0 spiro atoms. The van der Waals surface area contributed by atoms with E-state index in [1.807, 2.05) is 30.3 Å². The summed E-state index contributed by atoms with van der Waals surface area (Å²) in [7, 11) is 0. The summed E-state index contributed by atoms with van der Waals surface area (Å²) in [4.78, 5) is 22.6. The minimum absolute atomic E-state index is 0.0364. The van der Waals surface area contributed by atoms with Crippen molar-refractivity contribution >= 4 is 17.3 Å². The van der Waals surface area contributed by atoms with Gasteiger partial charge in [-0.3, -0.25) is 14.9 Å². The molecular formula is C18H17N3O3. The number of benzene rings is 2. The lowest BCUT2D eigenvalue weighted by Crippen LogP contribution is -2.26. The van der Waals surface area contributed by atoms with Crippen molar-refractivity contribution in [1.82, 2.24) is 5.01 Å². The van der Waals surface area contributed by atoms with Crippen LogP contribution in [0.25, 0.3) is 0 Å². The average molecular weight is 323 g/mol. The fourth-order valence-electron chi connectivity index (χ4n) is 2.79. The van der Waals surface area contributed by atoms with Crippen LogP contribution in [-0.4, -0.2) is 21.6 Å². The zero-order valence-corrected chi connectivity index (χ0v) is 13.3. The van der Waals surface area contributed by atoms with Gasteiger partial charge in [0.05, 0.1) is 16.7 Å². The maximum Gasteiger partial charge on any atom is 0.269 e. The number of nitro benzene ring substituents is 1. The predicted octanol–water partition coefficient (Wildman–Crippen LogP) is 3.68. The second-order valence-corrected chi connectivity index (χ2v) is 5.57. The molecule has 0 aromatic heterocycles. The van der Waals surface area contributed by atoms with E-state index in [4.69, 9.17) is 0 Å². The Bertz CT molecular complexity index is 785. The van der Waals surface area contributed by atoms with Crippen molar-refractivity contribution in [2.45, 2.75) is 25.8 Å². The second kappa shape index (κ2) is 6.62. The van der Waals surface area contributed by atoms with E-state index in [0.29, 0.717) is 12.8 Å². The van der Waals surface area contributed by atoms with Crippen LogP contribution >= 0.6 is 0 Å². The highest BCUT2D eigenvalue weighted by Gasteiger charge is 2.32. The van der Waals surface area contributed by atoms with Gasteiger partial charge in [0.25, 0.3) is 5.69 Å². The topological polar surface area (TPSA) is 75.8 Å². The van der Waals surface area contributed by atoms with Crippen molar-refractivity contribution in [3.8, 4) is 0 Å². The largest absolute Gasteiger partial charge is 0.273 e. The first-order chi connectivity index (χ1) is 11.6. The third kappa shape index (κ3) is 3.03. The number of amides is 1. The van der Waals surface area contributed by atoms with E-state index in [2.05, 4.69) is 5.10 Å². The first kappa shape index (κ1) is 15.9. The molecule has 1 aliphatic rings. The van der Waals surface area contributed by atoms with Gasteiger partial charge in [0, 0.05) is 25.0 Å². The van der Waals surface area contributed by atoms with Gasteiger partial charge < -0.3 is 0 Å². The maximum atomic E-state index is 12.3. The van der Waals surface area contributed by atoms with Crippen molar-refractivity contribution in [2.75, 3.05) is 0 Å². The fourth-order valence-corrected chi connectivity index (χ4v) is 2.79. The second-order valence-electron chi connectivity index (χ2n) is 5.57. The number of carbonyl (C=O) groups excluding carboxylic acids is 1. The van der Waals surface area contributed by atoms with Crippen LogP contribution in [0.3, 0.4) is 0 Å². The summed E-state index contributed by atoms with van der Waals surface area (Å²) in [6, 6.07) is 15.8. The van der Waals surface area contributed by atoms with Crippen LogP contribution in [-0.2, 0) is 4.79 Å². The molecule has 1 atom stereocenters. The Morgan fingerprint density at radius 3 is 2.46 bits per heavy atom. The quantitative estimate of drug-likeness (QED) is 0.636. The Labute approximate surface area is 139 Å². The molecular weight excluding hydrogens is 306 g/mol.